The summed E-state index contributed by atoms with van der Waals surface area (Å²) in [5.41, 5.74) is 0. The van der Waals surface area contributed by atoms with Crippen LogP contribution in [0.2, 0.25) is 0 Å². The lowest BCUT2D eigenvalue weighted by atomic mass is 10.5. The van der Waals surface area contributed by atoms with E-state index in [0.717, 1.165) is 12.8 Å². The summed E-state index contributed by atoms with van der Waals surface area (Å²) < 4.78 is 0. The second kappa shape index (κ2) is 2.83. The number of carbonyl (C=O) groups is 3. The molecule has 1 saturated heterocycles. The maximum atomic E-state index is 11.5. The van der Waals surface area contributed by atoms with Crippen molar-refractivity contribution in [2.75, 3.05) is 13.1 Å². The van der Waals surface area contributed by atoms with Gasteiger partial charge in [0, 0.05) is 6.04 Å². The molecule has 0 atom stereocenters. The van der Waals surface area contributed by atoms with E-state index in [0.29, 0.717) is 6.29 Å². The van der Waals surface area contributed by atoms with Crippen molar-refractivity contribution < 1.29 is 14.4 Å². The Balaban J connectivity index is 2.09. The minimum atomic E-state index is -0.306. The van der Waals surface area contributed by atoms with E-state index in [1.807, 2.05) is 0 Å². The van der Waals surface area contributed by atoms with Gasteiger partial charge in [-0.1, -0.05) is 0 Å². The van der Waals surface area contributed by atoms with Crippen LogP contribution in [-0.4, -0.2) is 47.2 Å². The molecule has 0 radical (unpaired) electrons. The molecule has 1 aliphatic carbocycles. The molecule has 70 valence electrons. The van der Waals surface area contributed by atoms with Gasteiger partial charge in [0.05, 0.1) is 6.54 Å². The Labute approximate surface area is 75.3 Å². The normalized spacial score (nSPS) is 22.8. The van der Waals surface area contributed by atoms with Crippen LogP contribution in [0, 0.1) is 0 Å². The quantitative estimate of drug-likeness (QED) is 0.441. The summed E-state index contributed by atoms with van der Waals surface area (Å²) in [7, 11) is 0. The fourth-order valence-electron chi connectivity index (χ4n) is 1.49. The molecular formula is C8H10N2O3. The van der Waals surface area contributed by atoms with Gasteiger partial charge >= 0.3 is 6.03 Å². The fourth-order valence-corrected chi connectivity index (χ4v) is 1.49. The van der Waals surface area contributed by atoms with Crippen LogP contribution in [0.3, 0.4) is 0 Å². The van der Waals surface area contributed by atoms with Gasteiger partial charge in [-0.15, -0.1) is 0 Å². The number of imide groups is 1. The standard InChI is InChI=1S/C8H10N2O3/c11-4-3-9-5-7(12)10(8(9)13)6-1-2-6/h4,6H,1-3,5H2. The van der Waals surface area contributed by atoms with E-state index in [2.05, 4.69) is 0 Å². The van der Waals surface area contributed by atoms with E-state index in [-0.39, 0.29) is 31.1 Å². The van der Waals surface area contributed by atoms with Crippen LogP contribution in [0.1, 0.15) is 12.8 Å². The first-order valence-electron chi connectivity index (χ1n) is 4.28. The zero-order valence-electron chi connectivity index (χ0n) is 7.10. The number of amides is 3. The Morgan fingerprint density at radius 3 is 2.62 bits per heavy atom. The molecule has 0 bridgehead atoms. The minimum Gasteiger partial charge on any atom is -0.308 e. The maximum Gasteiger partial charge on any atom is 0.327 e. The van der Waals surface area contributed by atoms with Crippen molar-refractivity contribution in [2.45, 2.75) is 18.9 Å². The van der Waals surface area contributed by atoms with Gasteiger partial charge in [0.2, 0.25) is 0 Å². The highest BCUT2D eigenvalue weighted by Crippen LogP contribution is 2.30. The smallest absolute Gasteiger partial charge is 0.308 e. The zero-order chi connectivity index (χ0) is 9.42. The molecule has 0 N–H and O–H groups in total. The van der Waals surface area contributed by atoms with Crippen molar-refractivity contribution in [2.24, 2.45) is 0 Å². The third kappa shape index (κ3) is 1.30. The number of nitrogens with zero attached hydrogens (tertiary/aromatic N) is 2. The first-order valence-corrected chi connectivity index (χ1v) is 4.28. The van der Waals surface area contributed by atoms with Crippen LogP contribution < -0.4 is 0 Å². The van der Waals surface area contributed by atoms with Gasteiger partial charge in [0.25, 0.3) is 5.91 Å². The predicted octanol–water partition coefficient (Wildman–Crippen LogP) is -0.388. The van der Waals surface area contributed by atoms with E-state index in [9.17, 15) is 14.4 Å². The highest BCUT2D eigenvalue weighted by atomic mass is 16.2. The van der Waals surface area contributed by atoms with Crippen molar-refractivity contribution in [3.63, 3.8) is 0 Å². The van der Waals surface area contributed by atoms with Crippen molar-refractivity contribution in [3.8, 4) is 0 Å². The van der Waals surface area contributed by atoms with Gasteiger partial charge < -0.3 is 9.69 Å². The molecule has 2 rings (SSSR count). The van der Waals surface area contributed by atoms with Gasteiger partial charge in [-0.3, -0.25) is 9.69 Å². The molecule has 1 saturated carbocycles. The molecule has 2 aliphatic rings. The number of urea groups is 1. The van der Waals surface area contributed by atoms with Crippen LogP contribution in [0.5, 0.6) is 0 Å². The van der Waals surface area contributed by atoms with E-state index < -0.39 is 0 Å². The molecule has 1 heterocycles. The SMILES string of the molecule is O=CCN1CC(=O)N(C2CC2)C1=O. The number of hydrogen-bond acceptors (Lipinski definition) is 3. The zero-order valence-corrected chi connectivity index (χ0v) is 7.10. The van der Waals surface area contributed by atoms with Crippen LogP contribution in [-0.2, 0) is 9.59 Å². The lowest BCUT2D eigenvalue weighted by Crippen LogP contribution is -2.35. The van der Waals surface area contributed by atoms with Crippen molar-refractivity contribution in [3.05, 3.63) is 0 Å². The van der Waals surface area contributed by atoms with Crippen molar-refractivity contribution in [1.29, 1.82) is 0 Å². The summed E-state index contributed by atoms with van der Waals surface area (Å²) in [5.74, 6) is -0.172. The van der Waals surface area contributed by atoms with Crippen LogP contribution in [0.25, 0.3) is 0 Å². The number of carbonyl (C=O) groups excluding carboxylic acids is 3. The highest BCUT2D eigenvalue weighted by molar-refractivity contribution is 6.03. The number of rotatable bonds is 3. The Kier molecular flexibility index (Phi) is 1.79. The Hall–Kier alpha value is -1.39. The van der Waals surface area contributed by atoms with Gasteiger partial charge in [0.15, 0.2) is 0 Å². The molecule has 0 aromatic rings. The highest BCUT2D eigenvalue weighted by Gasteiger charge is 2.44. The van der Waals surface area contributed by atoms with E-state index in [1.165, 1.54) is 9.80 Å². The maximum absolute atomic E-state index is 11.5. The van der Waals surface area contributed by atoms with Crippen LogP contribution >= 0.6 is 0 Å². The topological polar surface area (TPSA) is 57.7 Å². The average Bonchev–Trinajstić information content (AvgIpc) is 2.84. The summed E-state index contributed by atoms with van der Waals surface area (Å²) in [6.45, 7) is 0.0852. The van der Waals surface area contributed by atoms with Gasteiger partial charge in [-0.25, -0.2) is 4.79 Å². The Bertz CT molecular complexity index is 273. The molecule has 3 amide bonds. The molecule has 5 heteroatoms. The molecule has 2 fully saturated rings. The van der Waals surface area contributed by atoms with E-state index in [4.69, 9.17) is 0 Å². The number of hydrogen-bond donors (Lipinski definition) is 0. The predicted molar refractivity (Wildman–Crippen MR) is 42.9 cm³/mol. The van der Waals surface area contributed by atoms with Crippen molar-refractivity contribution in [1.82, 2.24) is 9.80 Å². The lowest BCUT2D eigenvalue weighted by Gasteiger charge is -2.13. The first-order chi connectivity index (χ1) is 6.24. The minimum absolute atomic E-state index is 0.0216. The molecule has 5 nitrogen and oxygen atoms in total. The van der Waals surface area contributed by atoms with Crippen LogP contribution in [0.15, 0.2) is 0 Å². The van der Waals surface area contributed by atoms with Crippen LogP contribution in [0.4, 0.5) is 4.79 Å². The Morgan fingerprint density at radius 1 is 1.38 bits per heavy atom. The van der Waals surface area contributed by atoms with E-state index in [1.54, 1.807) is 0 Å². The van der Waals surface area contributed by atoms with Gasteiger partial charge in [0.1, 0.15) is 12.8 Å². The summed E-state index contributed by atoms with van der Waals surface area (Å²) in [6.07, 6.45) is 2.46. The second-order valence-corrected chi connectivity index (χ2v) is 3.32. The lowest BCUT2D eigenvalue weighted by molar-refractivity contribution is -0.125. The molecule has 0 aromatic heterocycles. The third-order valence-corrected chi connectivity index (χ3v) is 2.28. The fraction of sp³-hybridized carbons (Fsp3) is 0.625. The molecule has 0 aromatic carbocycles. The average molecular weight is 182 g/mol. The third-order valence-electron chi connectivity index (χ3n) is 2.28. The molecular weight excluding hydrogens is 172 g/mol. The molecule has 13 heavy (non-hydrogen) atoms. The number of aldehydes is 1. The monoisotopic (exact) mass is 182 g/mol. The Morgan fingerprint density at radius 2 is 2.08 bits per heavy atom. The second-order valence-electron chi connectivity index (χ2n) is 3.32. The molecule has 0 unspecified atom stereocenters. The molecule has 1 aliphatic heterocycles. The van der Waals surface area contributed by atoms with E-state index >= 15 is 0 Å². The summed E-state index contributed by atoms with van der Waals surface area (Å²) in [4.78, 5) is 35.5. The summed E-state index contributed by atoms with van der Waals surface area (Å²) in [6, 6.07) is -0.198. The summed E-state index contributed by atoms with van der Waals surface area (Å²) in [5, 5.41) is 0. The summed E-state index contributed by atoms with van der Waals surface area (Å²) >= 11 is 0. The largest absolute Gasteiger partial charge is 0.327 e. The van der Waals surface area contributed by atoms with Gasteiger partial charge in [-0.2, -0.15) is 0 Å². The first kappa shape index (κ1) is 8.22. The van der Waals surface area contributed by atoms with Gasteiger partial charge in [-0.05, 0) is 12.8 Å². The van der Waals surface area contributed by atoms with Crippen molar-refractivity contribution >= 4 is 18.2 Å². The molecule has 0 spiro atoms.